The standard InChI is InChI=1S/C15H19N5OS.ClH/c1-8-7-22-15(17-8)12(9-2-3-9)18-14(21)13-10-6-16-5-4-11(10)19-20-13;/h7,9,12,16H,2-6H2,1H3,(H,18,21)(H,19,20);1H. The van der Waals surface area contributed by atoms with Gasteiger partial charge in [0.2, 0.25) is 0 Å². The lowest BCUT2D eigenvalue weighted by molar-refractivity contribution is 0.0925. The predicted octanol–water partition coefficient (Wildman–Crippen LogP) is 2.12. The van der Waals surface area contributed by atoms with E-state index < -0.39 is 0 Å². The van der Waals surface area contributed by atoms with Crippen molar-refractivity contribution in [2.24, 2.45) is 5.92 Å². The summed E-state index contributed by atoms with van der Waals surface area (Å²) in [6.07, 6.45) is 3.21. The summed E-state index contributed by atoms with van der Waals surface area (Å²) in [4.78, 5) is 17.2. The molecule has 1 aliphatic heterocycles. The minimum absolute atomic E-state index is 0. The van der Waals surface area contributed by atoms with Crippen molar-refractivity contribution in [2.75, 3.05) is 6.54 Å². The monoisotopic (exact) mass is 353 g/mol. The van der Waals surface area contributed by atoms with E-state index in [1.807, 2.05) is 12.3 Å². The highest BCUT2D eigenvalue weighted by atomic mass is 35.5. The molecule has 2 aliphatic rings. The van der Waals surface area contributed by atoms with Gasteiger partial charge in [0, 0.05) is 41.8 Å². The average Bonchev–Trinajstić information content (AvgIpc) is 3.12. The van der Waals surface area contributed by atoms with Gasteiger partial charge >= 0.3 is 0 Å². The van der Waals surface area contributed by atoms with E-state index >= 15 is 0 Å². The maximum Gasteiger partial charge on any atom is 0.272 e. The molecule has 23 heavy (non-hydrogen) atoms. The molecule has 2 aromatic heterocycles. The Bertz CT molecular complexity index is 709. The first-order valence-electron chi connectivity index (χ1n) is 7.72. The minimum Gasteiger partial charge on any atom is -0.341 e. The van der Waals surface area contributed by atoms with Crippen LogP contribution >= 0.6 is 23.7 Å². The number of hydrogen-bond donors (Lipinski definition) is 3. The Morgan fingerprint density at radius 2 is 2.30 bits per heavy atom. The summed E-state index contributed by atoms with van der Waals surface area (Å²) in [5, 5.41) is 16.7. The topological polar surface area (TPSA) is 82.7 Å². The number of amides is 1. The van der Waals surface area contributed by atoms with Crippen LogP contribution in [0.1, 0.15) is 51.3 Å². The number of thiazole rings is 1. The fourth-order valence-electron chi connectivity index (χ4n) is 2.95. The van der Waals surface area contributed by atoms with E-state index in [4.69, 9.17) is 0 Å². The van der Waals surface area contributed by atoms with Gasteiger partial charge in [-0.1, -0.05) is 0 Å². The molecule has 1 atom stereocenters. The number of H-pyrrole nitrogens is 1. The molecule has 0 aromatic carbocycles. The van der Waals surface area contributed by atoms with Gasteiger partial charge in [-0.05, 0) is 25.7 Å². The fourth-order valence-corrected chi connectivity index (χ4v) is 3.89. The van der Waals surface area contributed by atoms with Crippen LogP contribution in [0.2, 0.25) is 0 Å². The first kappa shape index (κ1) is 16.4. The zero-order valence-electron chi connectivity index (χ0n) is 12.9. The third-order valence-electron chi connectivity index (χ3n) is 4.30. The Morgan fingerprint density at radius 3 is 3.00 bits per heavy atom. The highest BCUT2D eigenvalue weighted by Crippen LogP contribution is 2.42. The Labute approximate surface area is 144 Å². The van der Waals surface area contributed by atoms with E-state index in [-0.39, 0.29) is 24.4 Å². The smallest absolute Gasteiger partial charge is 0.272 e. The first-order valence-corrected chi connectivity index (χ1v) is 8.60. The molecule has 0 radical (unpaired) electrons. The van der Waals surface area contributed by atoms with Crippen LogP contribution in [0, 0.1) is 12.8 Å². The van der Waals surface area contributed by atoms with Gasteiger partial charge in [0.05, 0.1) is 6.04 Å². The van der Waals surface area contributed by atoms with Gasteiger partial charge in [-0.3, -0.25) is 9.89 Å². The van der Waals surface area contributed by atoms with E-state index in [0.717, 1.165) is 47.8 Å². The van der Waals surface area contributed by atoms with Crippen LogP contribution < -0.4 is 10.6 Å². The molecule has 0 spiro atoms. The number of carbonyl (C=O) groups excluding carboxylic acids is 1. The maximum atomic E-state index is 12.7. The van der Waals surface area contributed by atoms with Crippen LogP contribution in [0.5, 0.6) is 0 Å². The summed E-state index contributed by atoms with van der Waals surface area (Å²) >= 11 is 1.63. The Balaban J connectivity index is 0.00000156. The molecule has 8 heteroatoms. The van der Waals surface area contributed by atoms with Crippen LogP contribution in [0.4, 0.5) is 0 Å². The van der Waals surface area contributed by atoms with Crippen LogP contribution in [0.25, 0.3) is 0 Å². The molecule has 1 amide bonds. The number of aromatic nitrogens is 3. The molecule has 2 aromatic rings. The summed E-state index contributed by atoms with van der Waals surface area (Å²) in [5.41, 5.74) is 3.63. The Morgan fingerprint density at radius 1 is 1.48 bits per heavy atom. The van der Waals surface area contributed by atoms with Gasteiger partial charge in [0.1, 0.15) is 5.01 Å². The number of halogens is 1. The van der Waals surface area contributed by atoms with Gasteiger partial charge < -0.3 is 10.6 Å². The summed E-state index contributed by atoms with van der Waals surface area (Å²) < 4.78 is 0. The Kier molecular flexibility index (Phi) is 4.70. The molecule has 0 bridgehead atoms. The van der Waals surface area contributed by atoms with Crippen molar-refractivity contribution in [3.8, 4) is 0 Å². The number of hydrogen-bond acceptors (Lipinski definition) is 5. The van der Waals surface area contributed by atoms with E-state index in [0.29, 0.717) is 18.2 Å². The van der Waals surface area contributed by atoms with Gasteiger partial charge in [-0.2, -0.15) is 5.10 Å². The molecular formula is C15H20ClN5OS. The lowest BCUT2D eigenvalue weighted by Crippen LogP contribution is -2.32. The molecule has 3 heterocycles. The molecule has 0 saturated heterocycles. The van der Waals surface area contributed by atoms with E-state index in [2.05, 4.69) is 25.8 Å². The van der Waals surface area contributed by atoms with E-state index in [1.54, 1.807) is 11.3 Å². The van der Waals surface area contributed by atoms with Crippen LogP contribution in [0.3, 0.4) is 0 Å². The highest BCUT2D eigenvalue weighted by Gasteiger charge is 2.36. The molecule has 124 valence electrons. The maximum absolute atomic E-state index is 12.7. The number of carbonyl (C=O) groups is 1. The third-order valence-corrected chi connectivity index (χ3v) is 5.35. The van der Waals surface area contributed by atoms with Crippen molar-refractivity contribution in [1.82, 2.24) is 25.8 Å². The summed E-state index contributed by atoms with van der Waals surface area (Å²) in [6, 6.07) is 0.0232. The van der Waals surface area contributed by atoms with Gasteiger partial charge in [-0.15, -0.1) is 23.7 Å². The number of fused-ring (bicyclic) bond motifs is 1. The van der Waals surface area contributed by atoms with Gasteiger partial charge in [-0.25, -0.2) is 4.98 Å². The Hall–Kier alpha value is -1.44. The lowest BCUT2D eigenvalue weighted by atomic mass is 10.1. The zero-order chi connectivity index (χ0) is 15.1. The van der Waals surface area contributed by atoms with E-state index in [1.165, 1.54) is 0 Å². The van der Waals surface area contributed by atoms with Crippen molar-refractivity contribution >= 4 is 29.7 Å². The first-order chi connectivity index (χ1) is 10.7. The van der Waals surface area contributed by atoms with Crippen LogP contribution in [-0.4, -0.2) is 27.6 Å². The number of aromatic amines is 1. The fraction of sp³-hybridized carbons (Fsp3) is 0.533. The molecule has 1 aliphatic carbocycles. The molecule has 6 nitrogen and oxygen atoms in total. The molecule has 3 N–H and O–H groups in total. The summed E-state index contributed by atoms with van der Waals surface area (Å²) in [6.45, 7) is 3.62. The third kappa shape index (κ3) is 3.27. The quantitative estimate of drug-likeness (QED) is 0.786. The van der Waals surface area contributed by atoms with Crippen molar-refractivity contribution < 1.29 is 4.79 Å². The number of rotatable bonds is 4. The SMILES string of the molecule is Cc1csc(C(NC(=O)c2n[nH]c3c2CNCC3)C2CC2)n1.Cl. The highest BCUT2D eigenvalue weighted by molar-refractivity contribution is 7.09. The van der Waals surface area contributed by atoms with Crippen molar-refractivity contribution in [3.63, 3.8) is 0 Å². The minimum atomic E-state index is -0.0917. The predicted molar refractivity (Wildman–Crippen MR) is 91.0 cm³/mol. The number of nitrogens with zero attached hydrogens (tertiary/aromatic N) is 2. The van der Waals surface area contributed by atoms with Crippen LogP contribution in [0.15, 0.2) is 5.38 Å². The van der Waals surface area contributed by atoms with Crippen molar-refractivity contribution in [2.45, 2.75) is 38.8 Å². The molecule has 1 unspecified atom stereocenters. The molecular weight excluding hydrogens is 334 g/mol. The van der Waals surface area contributed by atoms with Crippen molar-refractivity contribution in [3.05, 3.63) is 33.0 Å². The lowest BCUT2D eigenvalue weighted by Gasteiger charge is -2.17. The second kappa shape index (κ2) is 6.59. The number of aryl methyl sites for hydroxylation is 1. The van der Waals surface area contributed by atoms with E-state index in [9.17, 15) is 4.79 Å². The summed E-state index contributed by atoms with van der Waals surface area (Å²) in [7, 11) is 0. The second-order valence-electron chi connectivity index (χ2n) is 6.07. The molecule has 1 fully saturated rings. The van der Waals surface area contributed by atoms with Gasteiger partial charge in [0.15, 0.2) is 5.69 Å². The second-order valence-corrected chi connectivity index (χ2v) is 6.96. The largest absolute Gasteiger partial charge is 0.341 e. The number of nitrogens with one attached hydrogen (secondary N) is 3. The molecule has 4 rings (SSSR count). The summed E-state index contributed by atoms with van der Waals surface area (Å²) in [5.74, 6) is 0.424. The zero-order valence-corrected chi connectivity index (χ0v) is 14.5. The van der Waals surface area contributed by atoms with Gasteiger partial charge in [0.25, 0.3) is 5.91 Å². The van der Waals surface area contributed by atoms with Crippen molar-refractivity contribution in [1.29, 1.82) is 0 Å². The average molecular weight is 354 g/mol. The normalized spacial score (nSPS) is 18.0. The van der Waals surface area contributed by atoms with Crippen LogP contribution in [-0.2, 0) is 13.0 Å². The molecule has 1 saturated carbocycles.